The van der Waals surface area contributed by atoms with Crippen molar-refractivity contribution >= 4 is 23.3 Å². The average molecular weight is 299 g/mol. The van der Waals surface area contributed by atoms with Crippen molar-refractivity contribution in [1.82, 2.24) is 14.9 Å². The van der Waals surface area contributed by atoms with E-state index < -0.39 is 0 Å². The lowest BCUT2D eigenvalue weighted by molar-refractivity contribution is -0.127. The van der Waals surface area contributed by atoms with Gasteiger partial charge >= 0.3 is 0 Å². The lowest BCUT2D eigenvalue weighted by Gasteiger charge is -2.25. The summed E-state index contributed by atoms with van der Waals surface area (Å²) < 4.78 is 0. The van der Waals surface area contributed by atoms with E-state index in [0.29, 0.717) is 18.2 Å². The molecule has 0 saturated heterocycles. The van der Waals surface area contributed by atoms with Gasteiger partial charge in [0, 0.05) is 32.6 Å². The molecule has 0 saturated carbocycles. The fourth-order valence-corrected chi connectivity index (χ4v) is 1.99. The Labute approximate surface area is 126 Å². The second-order valence-electron chi connectivity index (χ2n) is 4.93. The molecule has 0 bridgehead atoms. The molecule has 0 atom stereocenters. The van der Waals surface area contributed by atoms with Gasteiger partial charge in [-0.15, -0.1) is 0 Å². The van der Waals surface area contributed by atoms with E-state index >= 15 is 0 Å². The first kappa shape index (κ1) is 16.7. The van der Waals surface area contributed by atoms with Crippen molar-refractivity contribution in [3.05, 3.63) is 16.5 Å². The Morgan fingerprint density at radius 1 is 1.25 bits per heavy atom. The smallest absolute Gasteiger partial charge is 0.241 e. The Hall–Kier alpha value is -1.36. The van der Waals surface area contributed by atoms with Crippen LogP contribution in [0.3, 0.4) is 0 Å². The number of carbonyl (C=O) groups excluding carboxylic acids is 1. The van der Waals surface area contributed by atoms with Gasteiger partial charge in [-0.1, -0.05) is 18.5 Å². The third-order valence-electron chi connectivity index (χ3n) is 3.09. The Morgan fingerprint density at radius 2 is 1.90 bits per heavy atom. The largest absolute Gasteiger partial charge is 0.347 e. The number of carbonyl (C=O) groups is 1. The van der Waals surface area contributed by atoms with Crippen molar-refractivity contribution in [1.29, 1.82) is 0 Å². The van der Waals surface area contributed by atoms with Gasteiger partial charge in [0.25, 0.3) is 0 Å². The minimum atomic E-state index is 0.0398. The summed E-state index contributed by atoms with van der Waals surface area (Å²) in [5.74, 6) is 1.53. The highest BCUT2D eigenvalue weighted by atomic mass is 35.5. The number of likely N-dealkylation sites (N-methyl/N-ethyl adjacent to an activating group) is 2. The summed E-state index contributed by atoms with van der Waals surface area (Å²) in [7, 11) is 3.50. The maximum Gasteiger partial charge on any atom is 0.241 e. The summed E-state index contributed by atoms with van der Waals surface area (Å²) >= 11 is 6.18. The average Bonchev–Trinajstić information content (AvgIpc) is 2.40. The van der Waals surface area contributed by atoms with Gasteiger partial charge in [0.15, 0.2) is 0 Å². The molecule has 0 fully saturated rings. The fraction of sp³-hybridized carbons (Fsp3) is 0.643. The molecular formula is C14H23ClN4O. The molecule has 0 radical (unpaired) electrons. The molecule has 5 nitrogen and oxygen atoms in total. The maximum atomic E-state index is 11.9. The normalized spacial score (nSPS) is 10.5. The molecule has 0 N–H and O–H groups in total. The number of nitrogens with zero attached hydrogens (tertiary/aromatic N) is 4. The molecule has 0 aliphatic carbocycles. The predicted octanol–water partition coefficient (Wildman–Crippen LogP) is 2.31. The van der Waals surface area contributed by atoms with Gasteiger partial charge in [-0.05, 0) is 20.3 Å². The molecule has 20 heavy (non-hydrogen) atoms. The number of anilines is 1. The van der Waals surface area contributed by atoms with Crippen molar-refractivity contribution in [3.63, 3.8) is 0 Å². The van der Waals surface area contributed by atoms with E-state index in [1.165, 1.54) is 0 Å². The molecule has 0 aromatic carbocycles. The minimum absolute atomic E-state index is 0.0398. The van der Waals surface area contributed by atoms with Crippen LogP contribution in [-0.4, -0.2) is 48.0 Å². The zero-order valence-electron chi connectivity index (χ0n) is 12.9. The summed E-state index contributed by atoms with van der Waals surface area (Å²) in [4.78, 5) is 24.3. The van der Waals surface area contributed by atoms with Crippen molar-refractivity contribution < 1.29 is 4.79 Å². The molecule has 0 unspecified atom stereocenters. The third kappa shape index (κ3) is 4.07. The van der Waals surface area contributed by atoms with Gasteiger partial charge in [0.05, 0.1) is 6.54 Å². The first-order chi connectivity index (χ1) is 9.40. The van der Waals surface area contributed by atoms with Crippen LogP contribution >= 0.6 is 11.6 Å². The first-order valence-electron chi connectivity index (χ1n) is 6.88. The van der Waals surface area contributed by atoms with Crippen LogP contribution in [0.25, 0.3) is 0 Å². The minimum Gasteiger partial charge on any atom is -0.347 e. The topological polar surface area (TPSA) is 49.3 Å². The zero-order chi connectivity index (χ0) is 15.3. The van der Waals surface area contributed by atoms with E-state index in [9.17, 15) is 4.79 Å². The highest BCUT2D eigenvalue weighted by Gasteiger charge is 2.18. The lowest BCUT2D eigenvalue weighted by atomic mass is 10.2. The van der Waals surface area contributed by atoms with Gasteiger partial charge in [-0.25, -0.2) is 9.97 Å². The number of halogens is 1. The molecule has 112 valence electrons. The van der Waals surface area contributed by atoms with Crippen LogP contribution in [0.5, 0.6) is 0 Å². The van der Waals surface area contributed by atoms with E-state index in [0.717, 1.165) is 30.0 Å². The van der Waals surface area contributed by atoms with Gasteiger partial charge in [0.2, 0.25) is 5.91 Å². The van der Waals surface area contributed by atoms with Crippen LogP contribution < -0.4 is 4.90 Å². The number of hydrogen-bond donors (Lipinski definition) is 0. The molecule has 1 rings (SSSR count). The zero-order valence-corrected chi connectivity index (χ0v) is 13.7. The summed E-state index contributed by atoms with van der Waals surface area (Å²) in [6.45, 7) is 6.95. The summed E-state index contributed by atoms with van der Waals surface area (Å²) in [6.07, 6.45) is 1.74. The standard InChI is InChI=1S/C14H23ClN4O/c1-6-8-11-16-13(15)10(3)14(17-11)19(7-2)9-12(20)18(4)5/h6-9H2,1-5H3. The van der Waals surface area contributed by atoms with Crippen LogP contribution in [0.15, 0.2) is 0 Å². The van der Waals surface area contributed by atoms with Gasteiger partial charge < -0.3 is 9.80 Å². The van der Waals surface area contributed by atoms with E-state index in [4.69, 9.17) is 11.6 Å². The van der Waals surface area contributed by atoms with E-state index in [1.807, 2.05) is 18.7 Å². The molecule has 1 aromatic rings. The highest BCUT2D eigenvalue weighted by Crippen LogP contribution is 2.23. The third-order valence-corrected chi connectivity index (χ3v) is 3.45. The summed E-state index contributed by atoms with van der Waals surface area (Å²) in [6, 6.07) is 0. The number of hydrogen-bond acceptors (Lipinski definition) is 4. The maximum absolute atomic E-state index is 11.9. The Bertz CT molecular complexity index is 476. The molecule has 1 heterocycles. The number of aromatic nitrogens is 2. The van der Waals surface area contributed by atoms with E-state index in [1.54, 1.807) is 19.0 Å². The van der Waals surface area contributed by atoms with Crippen molar-refractivity contribution in [2.45, 2.75) is 33.6 Å². The second-order valence-corrected chi connectivity index (χ2v) is 5.29. The summed E-state index contributed by atoms with van der Waals surface area (Å²) in [5, 5.41) is 0.467. The molecule has 6 heteroatoms. The number of aryl methyl sites for hydroxylation is 1. The molecular weight excluding hydrogens is 276 g/mol. The number of rotatable bonds is 6. The fourth-order valence-electron chi connectivity index (χ4n) is 1.80. The van der Waals surface area contributed by atoms with Gasteiger partial charge in [-0.3, -0.25) is 4.79 Å². The lowest BCUT2D eigenvalue weighted by Crippen LogP contribution is -2.37. The van der Waals surface area contributed by atoms with Gasteiger partial charge in [0.1, 0.15) is 16.8 Å². The van der Waals surface area contributed by atoms with E-state index in [-0.39, 0.29) is 5.91 Å². The van der Waals surface area contributed by atoms with E-state index in [2.05, 4.69) is 16.9 Å². The molecule has 0 aliphatic rings. The Balaban J connectivity index is 3.10. The first-order valence-corrected chi connectivity index (χ1v) is 7.26. The SMILES string of the molecule is CCCc1nc(Cl)c(C)c(N(CC)CC(=O)N(C)C)n1. The van der Waals surface area contributed by atoms with Crippen molar-refractivity contribution in [2.75, 3.05) is 32.1 Å². The van der Waals surface area contributed by atoms with Crippen LogP contribution in [0.1, 0.15) is 31.7 Å². The monoisotopic (exact) mass is 298 g/mol. The van der Waals surface area contributed by atoms with Crippen LogP contribution in [0.2, 0.25) is 5.15 Å². The predicted molar refractivity (Wildman–Crippen MR) is 82.4 cm³/mol. The molecule has 1 amide bonds. The molecule has 0 spiro atoms. The van der Waals surface area contributed by atoms with Crippen molar-refractivity contribution in [2.24, 2.45) is 0 Å². The molecule has 1 aromatic heterocycles. The second kappa shape index (κ2) is 7.43. The number of amides is 1. The van der Waals surface area contributed by atoms with Crippen molar-refractivity contribution in [3.8, 4) is 0 Å². The van der Waals surface area contributed by atoms with Crippen LogP contribution in [-0.2, 0) is 11.2 Å². The highest BCUT2D eigenvalue weighted by molar-refractivity contribution is 6.30. The Kier molecular flexibility index (Phi) is 6.20. The van der Waals surface area contributed by atoms with Crippen LogP contribution in [0.4, 0.5) is 5.82 Å². The summed E-state index contributed by atoms with van der Waals surface area (Å²) in [5.41, 5.74) is 0.819. The molecule has 0 aliphatic heterocycles. The quantitative estimate of drug-likeness (QED) is 0.756. The van der Waals surface area contributed by atoms with Gasteiger partial charge in [-0.2, -0.15) is 0 Å². The van der Waals surface area contributed by atoms with Crippen LogP contribution in [0, 0.1) is 6.92 Å². The Morgan fingerprint density at radius 3 is 2.40 bits per heavy atom.